The van der Waals surface area contributed by atoms with Crippen molar-refractivity contribution in [3.05, 3.63) is 20.8 Å². The highest BCUT2D eigenvalue weighted by atomic mass is 79.9. The van der Waals surface area contributed by atoms with Crippen molar-refractivity contribution >= 4 is 45.6 Å². The highest BCUT2D eigenvalue weighted by Gasteiger charge is 2.18. The van der Waals surface area contributed by atoms with Crippen molar-refractivity contribution < 1.29 is 4.79 Å². The monoisotopic (exact) mass is 380 g/mol. The van der Waals surface area contributed by atoms with Gasteiger partial charge in [-0.3, -0.25) is 4.79 Å². The van der Waals surface area contributed by atoms with Crippen molar-refractivity contribution in [2.24, 2.45) is 5.92 Å². The molecular weight excluding hydrogens is 360 g/mol. The molecule has 0 bridgehead atoms. The van der Waals surface area contributed by atoms with Crippen LogP contribution < -0.4 is 10.6 Å². The molecule has 6 heteroatoms. The number of amides is 1. The highest BCUT2D eigenvalue weighted by Crippen LogP contribution is 2.28. The maximum absolute atomic E-state index is 12.1. The average molecular weight is 382 g/mol. The number of halogens is 2. The smallest absolute Gasteiger partial charge is 0.228 e. The van der Waals surface area contributed by atoms with E-state index in [9.17, 15) is 4.79 Å². The number of nitrogens with one attached hydrogen (secondary N) is 2. The van der Waals surface area contributed by atoms with E-state index in [0.29, 0.717) is 0 Å². The molecule has 1 fully saturated rings. The molecule has 1 aliphatic rings. The number of hydrogen-bond acceptors (Lipinski definition) is 3. The molecule has 0 spiro atoms. The lowest BCUT2D eigenvalue weighted by molar-refractivity contribution is -0.122. The van der Waals surface area contributed by atoms with E-state index in [0.717, 1.165) is 40.6 Å². The third-order valence-corrected chi connectivity index (χ3v) is 5.47. The van der Waals surface area contributed by atoms with Gasteiger partial charge in [0.25, 0.3) is 0 Å². The van der Waals surface area contributed by atoms with Gasteiger partial charge in [0, 0.05) is 11.4 Å². The van der Waals surface area contributed by atoms with E-state index in [4.69, 9.17) is 0 Å². The van der Waals surface area contributed by atoms with Crippen LogP contribution in [0.3, 0.4) is 0 Å². The third-order valence-electron chi connectivity index (χ3n) is 3.66. The zero-order valence-electron chi connectivity index (χ0n) is 11.7. The van der Waals surface area contributed by atoms with Gasteiger partial charge in [0.1, 0.15) is 0 Å². The summed E-state index contributed by atoms with van der Waals surface area (Å²) in [5.41, 5.74) is 0. The molecule has 20 heavy (non-hydrogen) atoms. The summed E-state index contributed by atoms with van der Waals surface area (Å²) in [6.45, 7) is 5.01. The number of rotatable bonds is 5. The Labute approximate surface area is 139 Å². The quantitative estimate of drug-likeness (QED) is 0.819. The third kappa shape index (κ3) is 5.35. The van der Waals surface area contributed by atoms with Gasteiger partial charge in [-0.05, 0) is 73.3 Å². The van der Waals surface area contributed by atoms with Crippen LogP contribution in [-0.4, -0.2) is 25.5 Å². The first kappa shape index (κ1) is 18.0. The fraction of sp³-hybridized carbons (Fsp3) is 0.643. The average Bonchev–Trinajstić information content (AvgIpc) is 2.85. The number of carbonyl (C=O) groups excluding carboxylic acids is 1. The van der Waals surface area contributed by atoms with Gasteiger partial charge in [-0.25, -0.2) is 0 Å². The normalized spacial score (nSPS) is 20.0. The summed E-state index contributed by atoms with van der Waals surface area (Å²) < 4.78 is 1.08. The Morgan fingerprint density at radius 2 is 2.40 bits per heavy atom. The Morgan fingerprint density at radius 3 is 3.00 bits per heavy atom. The molecule has 1 aromatic heterocycles. The molecule has 0 saturated carbocycles. The highest BCUT2D eigenvalue weighted by molar-refractivity contribution is 9.11. The van der Waals surface area contributed by atoms with Crippen LogP contribution in [0.2, 0.25) is 0 Å². The predicted molar refractivity (Wildman–Crippen MR) is 90.9 cm³/mol. The van der Waals surface area contributed by atoms with Crippen LogP contribution in [0.5, 0.6) is 0 Å². The lowest BCUT2D eigenvalue weighted by Crippen LogP contribution is -2.34. The fourth-order valence-electron chi connectivity index (χ4n) is 2.41. The number of thiophene rings is 1. The minimum absolute atomic E-state index is 0. The molecule has 0 aliphatic carbocycles. The van der Waals surface area contributed by atoms with Gasteiger partial charge in [0.2, 0.25) is 5.91 Å². The Hall–Kier alpha value is -0.100. The Balaban J connectivity index is 0.00000200. The summed E-state index contributed by atoms with van der Waals surface area (Å²) in [4.78, 5) is 13.2. The first-order valence-electron chi connectivity index (χ1n) is 6.90. The summed E-state index contributed by atoms with van der Waals surface area (Å²) in [6.07, 6.45) is 3.63. The van der Waals surface area contributed by atoms with Gasteiger partial charge >= 0.3 is 0 Å². The van der Waals surface area contributed by atoms with E-state index in [-0.39, 0.29) is 24.2 Å². The topological polar surface area (TPSA) is 41.1 Å². The summed E-state index contributed by atoms with van der Waals surface area (Å²) >= 11 is 5.07. The molecule has 2 rings (SSSR count). The van der Waals surface area contributed by atoms with Crippen molar-refractivity contribution in [2.75, 3.05) is 19.6 Å². The van der Waals surface area contributed by atoms with Crippen LogP contribution in [0, 0.1) is 5.92 Å². The van der Waals surface area contributed by atoms with E-state index in [1.165, 1.54) is 12.8 Å². The Bertz CT molecular complexity index is 421. The van der Waals surface area contributed by atoms with E-state index in [1.807, 2.05) is 19.1 Å². The van der Waals surface area contributed by atoms with Crippen LogP contribution in [0.15, 0.2) is 15.9 Å². The second-order valence-electron chi connectivity index (χ2n) is 5.16. The van der Waals surface area contributed by atoms with Crippen LogP contribution >= 0.6 is 39.7 Å². The molecule has 114 valence electrons. The van der Waals surface area contributed by atoms with Crippen molar-refractivity contribution in [1.29, 1.82) is 0 Å². The molecule has 2 N–H and O–H groups in total. The van der Waals surface area contributed by atoms with E-state index in [1.54, 1.807) is 11.3 Å². The standard InChI is InChI=1S/C14H21BrN2OS.ClH/c1-10(12-4-5-13(15)19-12)14(18)17-8-6-11-3-2-7-16-9-11;/h4-5,10-11,16H,2-3,6-9H2,1H3,(H,17,18);1H. The maximum Gasteiger partial charge on any atom is 0.228 e. The van der Waals surface area contributed by atoms with Crippen molar-refractivity contribution in [2.45, 2.75) is 32.1 Å². The molecule has 1 aliphatic heterocycles. The summed E-state index contributed by atoms with van der Waals surface area (Å²) in [6, 6.07) is 4.02. The SMILES string of the molecule is CC(C(=O)NCCC1CCCNC1)c1ccc(Br)s1.Cl. The van der Waals surface area contributed by atoms with Crippen molar-refractivity contribution in [3.8, 4) is 0 Å². The molecule has 1 aromatic rings. The minimum atomic E-state index is -0.0548. The molecule has 1 saturated heterocycles. The Kier molecular flexibility index (Phi) is 8.10. The first-order chi connectivity index (χ1) is 9.16. The minimum Gasteiger partial charge on any atom is -0.356 e. The van der Waals surface area contributed by atoms with Gasteiger partial charge in [-0.2, -0.15) is 0 Å². The fourth-order valence-corrected chi connectivity index (χ4v) is 3.89. The lowest BCUT2D eigenvalue weighted by atomic mass is 9.96. The second kappa shape index (κ2) is 9.03. The van der Waals surface area contributed by atoms with Crippen molar-refractivity contribution in [1.82, 2.24) is 10.6 Å². The van der Waals surface area contributed by atoms with E-state index >= 15 is 0 Å². The van der Waals surface area contributed by atoms with Gasteiger partial charge in [0.15, 0.2) is 0 Å². The van der Waals surface area contributed by atoms with Crippen LogP contribution in [0.1, 0.15) is 37.0 Å². The number of piperidine rings is 1. The molecule has 0 radical (unpaired) electrons. The van der Waals surface area contributed by atoms with Crippen LogP contribution in [-0.2, 0) is 4.79 Å². The molecule has 3 nitrogen and oxygen atoms in total. The first-order valence-corrected chi connectivity index (χ1v) is 8.51. The number of carbonyl (C=O) groups is 1. The Morgan fingerprint density at radius 1 is 1.60 bits per heavy atom. The molecule has 2 unspecified atom stereocenters. The summed E-state index contributed by atoms with van der Waals surface area (Å²) in [5.74, 6) is 0.805. The largest absolute Gasteiger partial charge is 0.356 e. The van der Waals surface area contributed by atoms with Crippen LogP contribution in [0.25, 0.3) is 0 Å². The zero-order valence-corrected chi connectivity index (χ0v) is 14.9. The molecule has 2 heterocycles. The molecular formula is C14H22BrClN2OS. The molecule has 2 atom stereocenters. The number of hydrogen-bond donors (Lipinski definition) is 2. The van der Waals surface area contributed by atoms with Crippen molar-refractivity contribution in [3.63, 3.8) is 0 Å². The maximum atomic E-state index is 12.1. The second-order valence-corrected chi connectivity index (χ2v) is 7.65. The molecule has 1 amide bonds. The predicted octanol–water partition coefficient (Wildman–Crippen LogP) is 3.54. The van der Waals surface area contributed by atoms with Gasteiger partial charge in [-0.15, -0.1) is 23.7 Å². The summed E-state index contributed by atoms with van der Waals surface area (Å²) in [7, 11) is 0. The summed E-state index contributed by atoms with van der Waals surface area (Å²) in [5, 5.41) is 6.47. The van der Waals surface area contributed by atoms with Gasteiger partial charge in [-0.1, -0.05) is 0 Å². The lowest BCUT2D eigenvalue weighted by Gasteiger charge is -2.22. The van der Waals surface area contributed by atoms with E-state index < -0.39 is 0 Å². The molecule has 0 aromatic carbocycles. The van der Waals surface area contributed by atoms with E-state index in [2.05, 4.69) is 26.6 Å². The zero-order chi connectivity index (χ0) is 13.7. The van der Waals surface area contributed by atoms with Gasteiger partial charge < -0.3 is 10.6 Å². The van der Waals surface area contributed by atoms with Gasteiger partial charge in [0.05, 0.1) is 9.70 Å². The van der Waals surface area contributed by atoms with Crippen LogP contribution in [0.4, 0.5) is 0 Å².